The minimum absolute atomic E-state index is 0.120. The molecular formula is C13H17N3O3. The number of ether oxygens (including phenoxy) is 2. The first-order valence-electron chi connectivity index (χ1n) is 6.17. The second kappa shape index (κ2) is 6.29. The fourth-order valence-electron chi connectivity index (χ4n) is 1.46. The second-order valence-corrected chi connectivity index (χ2v) is 4.17. The van der Waals surface area contributed by atoms with Crippen LogP contribution in [0, 0.1) is 0 Å². The number of aromatic nitrogens is 3. The maximum absolute atomic E-state index is 5.65. The number of pyridine rings is 1. The summed E-state index contributed by atoms with van der Waals surface area (Å²) in [6, 6.07) is 3.59. The highest BCUT2D eigenvalue weighted by Crippen LogP contribution is 2.21. The first-order chi connectivity index (χ1) is 9.22. The normalized spacial score (nSPS) is 12.4. The van der Waals surface area contributed by atoms with Gasteiger partial charge in [0.15, 0.2) is 5.82 Å². The van der Waals surface area contributed by atoms with E-state index in [1.54, 1.807) is 25.4 Å². The highest BCUT2D eigenvalue weighted by Gasteiger charge is 2.11. The SMILES string of the molecule is CC[C@@H](C)Oc1cc(-c2nc(COC)no2)ccn1. The van der Waals surface area contributed by atoms with Gasteiger partial charge in [0, 0.05) is 24.9 Å². The molecule has 0 aliphatic heterocycles. The molecule has 19 heavy (non-hydrogen) atoms. The summed E-state index contributed by atoms with van der Waals surface area (Å²) in [5, 5.41) is 3.82. The van der Waals surface area contributed by atoms with Gasteiger partial charge in [0.05, 0.1) is 6.10 Å². The van der Waals surface area contributed by atoms with E-state index in [1.165, 1.54) is 0 Å². The molecule has 6 nitrogen and oxygen atoms in total. The van der Waals surface area contributed by atoms with Crippen molar-refractivity contribution in [3.05, 3.63) is 24.2 Å². The summed E-state index contributed by atoms with van der Waals surface area (Å²) in [5.41, 5.74) is 0.781. The third-order valence-corrected chi connectivity index (χ3v) is 2.62. The molecule has 0 aliphatic rings. The van der Waals surface area contributed by atoms with Crippen LogP contribution in [-0.4, -0.2) is 28.3 Å². The topological polar surface area (TPSA) is 70.3 Å². The van der Waals surface area contributed by atoms with Crippen molar-refractivity contribution in [3.63, 3.8) is 0 Å². The van der Waals surface area contributed by atoms with Crippen LogP contribution in [0.25, 0.3) is 11.5 Å². The first-order valence-corrected chi connectivity index (χ1v) is 6.17. The zero-order chi connectivity index (χ0) is 13.7. The average molecular weight is 263 g/mol. The molecule has 0 N–H and O–H groups in total. The summed E-state index contributed by atoms with van der Waals surface area (Å²) in [6.07, 6.45) is 2.70. The molecule has 2 aromatic heterocycles. The highest BCUT2D eigenvalue weighted by molar-refractivity contribution is 5.53. The maximum atomic E-state index is 5.65. The lowest BCUT2D eigenvalue weighted by molar-refractivity contribution is 0.174. The number of hydrogen-bond acceptors (Lipinski definition) is 6. The van der Waals surface area contributed by atoms with Crippen LogP contribution in [0.2, 0.25) is 0 Å². The van der Waals surface area contributed by atoms with Gasteiger partial charge in [0.1, 0.15) is 6.61 Å². The quantitative estimate of drug-likeness (QED) is 0.797. The molecule has 0 radical (unpaired) electrons. The molecule has 0 saturated carbocycles. The third kappa shape index (κ3) is 3.51. The Kier molecular flexibility index (Phi) is 4.46. The van der Waals surface area contributed by atoms with E-state index in [1.807, 2.05) is 6.92 Å². The Hall–Kier alpha value is -1.95. The summed E-state index contributed by atoms with van der Waals surface area (Å²) in [6.45, 7) is 4.38. The summed E-state index contributed by atoms with van der Waals surface area (Å²) in [4.78, 5) is 8.38. The van der Waals surface area contributed by atoms with Crippen molar-refractivity contribution < 1.29 is 14.0 Å². The van der Waals surface area contributed by atoms with E-state index < -0.39 is 0 Å². The molecular weight excluding hydrogens is 246 g/mol. The standard InChI is InChI=1S/C13H17N3O3/c1-4-9(2)18-12-7-10(5-6-14-12)13-15-11(8-17-3)16-19-13/h5-7,9H,4,8H2,1-3H3/t9-/m1/s1. The van der Waals surface area contributed by atoms with Crippen LogP contribution in [-0.2, 0) is 11.3 Å². The fraction of sp³-hybridized carbons (Fsp3) is 0.462. The molecule has 6 heteroatoms. The van der Waals surface area contributed by atoms with Crippen molar-refractivity contribution in [1.82, 2.24) is 15.1 Å². The molecule has 102 valence electrons. The van der Waals surface area contributed by atoms with Crippen LogP contribution < -0.4 is 4.74 Å². The van der Waals surface area contributed by atoms with E-state index in [9.17, 15) is 0 Å². The van der Waals surface area contributed by atoms with Gasteiger partial charge in [-0.2, -0.15) is 4.98 Å². The summed E-state index contributed by atoms with van der Waals surface area (Å²) < 4.78 is 15.8. The van der Waals surface area contributed by atoms with E-state index >= 15 is 0 Å². The molecule has 2 heterocycles. The van der Waals surface area contributed by atoms with Crippen LogP contribution >= 0.6 is 0 Å². The third-order valence-electron chi connectivity index (χ3n) is 2.62. The Balaban J connectivity index is 2.17. The van der Waals surface area contributed by atoms with Gasteiger partial charge in [-0.1, -0.05) is 12.1 Å². The van der Waals surface area contributed by atoms with Gasteiger partial charge in [-0.25, -0.2) is 4.98 Å². The molecule has 0 amide bonds. The monoisotopic (exact) mass is 263 g/mol. The summed E-state index contributed by atoms with van der Waals surface area (Å²) in [7, 11) is 1.58. The Labute approximate surface area is 111 Å². The van der Waals surface area contributed by atoms with Gasteiger partial charge < -0.3 is 14.0 Å². The van der Waals surface area contributed by atoms with Crippen molar-refractivity contribution in [2.24, 2.45) is 0 Å². The molecule has 0 aromatic carbocycles. The van der Waals surface area contributed by atoms with Crippen LogP contribution in [0.4, 0.5) is 0 Å². The number of rotatable bonds is 6. The lowest BCUT2D eigenvalue weighted by Crippen LogP contribution is -2.10. The largest absolute Gasteiger partial charge is 0.475 e. The van der Waals surface area contributed by atoms with E-state index in [0.717, 1.165) is 12.0 Å². The van der Waals surface area contributed by atoms with Crippen molar-refractivity contribution in [3.8, 4) is 17.3 Å². The van der Waals surface area contributed by atoms with Crippen LogP contribution in [0.3, 0.4) is 0 Å². The number of methoxy groups -OCH3 is 1. The molecule has 0 saturated heterocycles. The maximum Gasteiger partial charge on any atom is 0.258 e. The van der Waals surface area contributed by atoms with Crippen molar-refractivity contribution >= 4 is 0 Å². The number of hydrogen-bond donors (Lipinski definition) is 0. The van der Waals surface area contributed by atoms with Gasteiger partial charge in [-0.05, 0) is 19.4 Å². The molecule has 0 unspecified atom stereocenters. The molecule has 0 aliphatic carbocycles. The van der Waals surface area contributed by atoms with Gasteiger partial charge in [0.25, 0.3) is 5.89 Å². The lowest BCUT2D eigenvalue weighted by Gasteiger charge is -2.11. The van der Waals surface area contributed by atoms with Gasteiger partial charge in [-0.15, -0.1) is 0 Å². The Morgan fingerprint density at radius 2 is 2.26 bits per heavy atom. The predicted octanol–water partition coefficient (Wildman–Crippen LogP) is 2.46. The first kappa shape index (κ1) is 13.5. The van der Waals surface area contributed by atoms with Crippen LogP contribution in [0.1, 0.15) is 26.1 Å². The fourth-order valence-corrected chi connectivity index (χ4v) is 1.46. The Bertz CT molecular complexity index is 527. The molecule has 2 aromatic rings. The average Bonchev–Trinajstić information content (AvgIpc) is 2.88. The minimum atomic E-state index is 0.120. The molecule has 0 fully saturated rings. The number of nitrogens with zero attached hydrogens (tertiary/aromatic N) is 3. The summed E-state index contributed by atoms with van der Waals surface area (Å²) in [5.74, 6) is 1.50. The second-order valence-electron chi connectivity index (χ2n) is 4.17. The van der Waals surface area contributed by atoms with E-state index in [4.69, 9.17) is 14.0 Å². The van der Waals surface area contributed by atoms with Crippen molar-refractivity contribution in [2.75, 3.05) is 7.11 Å². The Morgan fingerprint density at radius 3 is 3.00 bits per heavy atom. The van der Waals surface area contributed by atoms with Gasteiger partial charge in [0.2, 0.25) is 5.88 Å². The van der Waals surface area contributed by atoms with E-state index in [0.29, 0.717) is 24.2 Å². The summed E-state index contributed by atoms with van der Waals surface area (Å²) >= 11 is 0. The molecule has 0 bridgehead atoms. The Morgan fingerprint density at radius 1 is 1.42 bits per heavy atom. The minimum Gasteiger partial charge on any atom is -0.475 e. The lowest BCUT2D eigenvalue weighted by atomic mass is 10.2. The molecule has 1 atom stereocenters. The van der Waals surface area contributed by atoms with Crippen molar-refractivity contribution in [2.45, 2.75) is 33.0 Å². The smallest absolute Gasteiger partial charge is 0.258 e. The van der Waals surface area contributed by atoms with Gasteiger partial charge >= 0.3 is 0 Å². The molecule has 0 spiro atoms. The molecule has 2 rings (SSSR count). The van der Waals surface area contributed by atoms with Gasteiger partial charge in [-0.3, -0.25) is 0 Å². The van der Waals surface area contributed by atoms with E-state index in [2.05, 4.69) is 22.0 Å². The van der Waals surface area contributed by atoms with Crippen molar-refractivity contribution in [1.29, 1.82) is 0 Å². The zero-order valence-electron chi connectivity index (χ0n) is 11.3. The zero-order valence-corrected chi connectivity index (χ0v) is 11.3. The van der Waals surface area contributed by atoms with Crippen LogP contribution in [0.15, 0.2) is 22.9 Å². The predicted molar refractivity (Wildman–Crippen MR) is 68.6 cm³/mol. The highest BCUT2D eigenvalue weighted by atomic mass is 16.5. The van der Waals surface area contributed by atoms with E-state index in [-0.39, 0.29) is 6.10 Å². The van der Waals surface area contributed by atoms with Crippen LogP contribution in [0.5, 0.6) is 5.88 Å².